The van der Waals surface area contributed by atoms with E-state index < -0.39 is 0 Å². The van der Waals surface area contributed by atoms with Gasteiger partial charge in [-0.1, -0.05) is 0 Å². The van der Waals surface area contributed by atoms with E-state index in [9.17, 15) is 9.18 Å². The lowest BCUT2D eigenvalue weighted by atomic mass is 10.2. The number of carbonyl (C=O) groups is 1. The molecule has 1 aliphatic rings. The number of nitrogens with one attached hydrogen (secondary N) is 1. The molecule has 1 amide bonds. The smallest absolute Gasteiger partial charge is 0.271 e. The van der Waals surface area contributed by atoms with Gasteiger partial charge in [0.1, 0.15) is 17.3 Å². The van der Waals surface area contributed by atoms with Gasteiger partial charge in [-0.05, 0) is 51.3 Å². The van der Waals surface area contributed by atoms with Gasteiger partial charge in [-0.3, -0.25) is 4.79 Å². The Morgan fingerprint density at radius 1 is 1.07 bits per heavy atom. The molecule has 0 unspecified atom stereocenters. The van der Waals surface area contributed by atoms with Crippen molar-refractivity contribution in [3.05, 3.63) is 48.2 Å². The molecule has 0 atom stereocenters. The van der Waals surface area contributed by atoms with Crippen molar-refractivity contribution in [2.24, 2.45) is 0 Å². The number of hydrogen-bond acceptors (Lipinski definition) is 6. The van der Waals surface area contributed by atoms with Crippen LogP contribution in [0.3, 0.4) is 0 Å². The van der Waals surface area contributed by atoms with Crippen molar-refractivity contribution in [2.75, 3.05) is 63.2 Å². The van der Waals surface area contributed by atoms with Crippen LogP contribution in [0.2, 0.25) is 0 Å². The average molecular weight is 386 g/mol. The van der Waals surface area contributed by atoms with E-state index in [2.05, 4.69) is 30.0 Å². The lowest BCUT2D eigenvalue weighted by molar-refractivity contribution is 0.0947. The highest BCUT2D eigenvalue weighted by atomic mass is 19.1. The van der Waals surface area contributed by atoms with Crippen molar-refractivity contribution < 1.29 is 9.18 Å². The molecule has 2 heterocycles. The van der Waals surface area contributed by atoms with Gasteiger partial charge < -0.3 is 20.0 Å². The van der Waals surface area contributed by atoms with Crippen LogP contribution in [0.1, 0.15) is 16.9 Å². The second-order valence-electron chi connectivity index (χ2n) is 7.12. The van der Waals surface area contributed by atoms with Crippen LogP contribution in [0.4, 0.5) is 15.9 Å². The lowest BCUT2D eigenvalue weighted by Gasteiger charge is -2.36. The lowest BCUT2D eigenvalue weighted by Crippen LogP contribution is -2.46. The molecule has 2 aromatic rings. The number of aromatic nitrogens is 2. The molecule has 3 rings (SSSR count). The van der Waals surface area contributed by atoms with E-state index in [4.69, 9.17) is 0 Å². The van der Waals surface area contributed by atoms with Gasteiger partial charge in [-0.25, -0.2) is 14.4 Å². The summed E-state index contributed by atoms with van der Waals surface area (Å²) in [7, 11) is 4.01. The summed E-state index contributed by atoms with van der Waals surface area (Å²) in [5, 5.41) is 2.87. The number of benzene rings is 1. The Labute approximate surface area is 165 Å². The van der Waals surface area contributed by atoms with Crippen molar-refractivity contribution in [3.63, 3.8) is 0 Å². The van der Waals surface area contributed by atoms with Crippen molar-refractivity contribution in [3.8, 4) is 0 Å². The van der Waals surface area contributed by atoms with E-state index in [0.29, 0.717) is 12.2 Å². The Balaban J connectivity index is 1.49. The van der Waals surface area contributed by atoms with Crippen LogP contribution in [-0.4, -0.2) is 74.1 Å². The standard InChI is InChI=1S/C20H27FN6O/c1-25(2)9-3-8-22-20(28)18-14-24-19(15-23-18)27-12-10-26(11-13-27)17-6-4-16(21)5-7-17/h4-7,14-15H,3,8-13H2,1-2H3,(H,22,28). The number of halogens is 1. The number of hydrogen-bond donors (Lipinski definition) is 1. The Morgan fingerprint density at radius 3 is 2.36 bits per heavy atom. The van der Waals surface area contributed by atoms with E-state index in [0.717, 1.165) is 50.6 Å². The summed E-state index contributed by atoms with van der Waals surface area (Å²) in [5.74, 6) is 0.348. The van der Waals surface area contributed by atoms with E-state index >= 15 is 0 Å². The Hall–Kier alpha value is -2.74. The van der Waals surface area contributed by atoms with Crippen LogP contribution in [0.15, 0.2) is 36.7 Å². The molecule has 28 heavy (non-hydrogen) atoms. The van der Waals surface area contributed by atoms with Crippen LogP contribution in [0.25, 0.3) is 0 Å². The minimum atomic E-state index is -0.223. The number of carbonyl (C=O) groups excluding carboxylic acids is 1. The summed E-state index contributed by atoms with van der Waals surface area (Å²) in [6.45, 7) is 4.77. The summed E-state index contributed by atoms with van der Waals surface area (Å²) in [5.41, 5.74) is 1.35. The number of rotatable bonds is 7. The second kappa shape index (κ2) is 9.45. The van der Waals surface area contributed by atoms with Crippen LogP contribution < -0.4 is 15.1 Å². The summed E-state index contributed by atoms with van der Waals surface area (Å²) < 4.78 is 13.1. The molecule has 1 aromatic heterocycles. The molecule has 150 valence electrons. The quantitative estimate of drug-likeness (QED) is 0.730. The van der Waals surface area contributed by atoms with Crippen LogP contribution in [0.5, 0.6) is 0 Å². The minimum absolute atomic E-state index is 0.195. The predicted octanol–water partition coefficient (Wildman–Crippen LogP) is 1.62. The summed E-state index contributed by atoms with van der Waals surface area (Å²) >= 11 is 0. The predicted molar refractivity (Wildman–Crippen MR) is 108 cm³/mol. The van der Waals surface area contributed by atoms with Crippen molar-refractivity contribution >= 4 is 17.4 Å². The molecule has 1 N–H and O–H groups in total. The summed E-state index contributed by atoms with van der Waals surface area (Å²) in [6.07, 6.45) is 4.08. The second-order valence-corrected chi connectivity index (χ2v) is 7.12. The zero-order chi connectivity index (χ0) is 19.9. The fourth-order valence-corrected chi connectivity index (χ4v) is 3.14. The molecule has 1 aliphatic heterocycles. The maximum Gasteiger partial charge on any atom is 0.271 e. The maximum absolute atomic E-state index is 13.1. The normalized spacial score (nSPS) is 14.4. The molecule has 0 bridgehead atoms. The monoisotopic (exact) mass is 386 g/mol. The first kappa shape index (κ1) is 20.0. The molecular formula is C20H27FN6O. The first-order chi connectivity index (χ1) is 13.5. The SMILES string of the molecule is CN(C)CCCNC(=O)c1cnc(N2CCN(c3ccc(F)cc3)CC2)cn1. The van der Waals surface area contributed by atoms with E-state index in [1.54, 1.807) is 18.3 Å². The third-order valence-corrected chi connectivity index (χ3v) is 4.73. The molecule has 1 saturated heterocycles. The molecule has 1 fully saturated rings. The first-order valence-electron chi connectivity index (χ1n) is 9.53. The molecule has 7 nitrogen and oxygen atoms in total. The van der Waals surface area contributed by atoms with E-state index in [1.807, 2.05) is 14.1 Å². The fourth-order valence-electron chi connectivity index (χ4n) is 3.14. The zero-order valence-corrected chi connectivity index (χ0v) is 16.4. The Kier molecular flexibility index (Phi) is 6.76. The van der Waals surface area contributed by atoms with Crippen LogP contribution in [0, 0.1) is 5.82 Å². The van der Waals surface area contributed by atoms with Gasteiger partial charge in [0, 0.05) is 38.4 Å². The molecule has 0 spiro atoms. The average Bonchev–Trinajstić information content (AvgIpc) is 2.72. The van der Waals surface area contributed by atoms with Gasteiger partial charge in [0.05, 0.1) is 12.4 Å². The summed E-state index contributed by atoms with van der Waals surface area (Å²) in [4.78, 5) is 27.3. The number of amides is 1. The zero-order valence-electron chi connectivity index (χ0n) is 16.4. The fraction of sp³-hybridized carbons (Fsp3) is 0.450. The molecule has 8 heteroatoms. The molecule has 0 saturated carbocycles. The van der Waals surface area contributed by atoms with Gasteiger partial charge in [-0.15, -0.1) is 0 Å². The number of anilines is 2. The molecular weight excluding hydrogens is 359 g/mol. The topological polar surface area (TPSA) is 64.6 Å². The number of nitrogens with zero attached hydrogens (tertiary/aromatic N) is 5. The molecule has 1 aromatic carbocycles. The van der Waals surface area contributed by atoms with Gasteiger partial charge in [0.15, 0.2) is 0 Å². The van der Waals surface area contributed by atoms with Crippen molar-refractivity contribution in [1.29, 1.82) is 0 Å². The van der Waals surface area contributed by atoms with Gasteiger partial charge in [0.25, 0.3) is 5.91 Å². The minimum Gasteiger partial charge on any atom is -0.368 e. The van der Waals surface area contributed by atoms with Crippen molar-refractivity contribution in [1.82, 2.24) is 20.2 Å². The Bertz CT molecular complexity index is 757. The Morgan fingerprint density at radius 2 is 1.75 bits per heavy atom. The highest BCUT2D eigenvalue weighted by Gasteiger charge is 2.19. The highest BCUT2D eigenvalue weighted by Crippen LogP contribution is 2.19. The molecule has 0 aliphatic carbocycles. The van der Waals surface area contributed by atoms with Gasteiger partial charge in [0.2, 0.25) is 0 Å². The van der Waals surface area contributed by atoms with Crippen molar-refractivity contribution in [2.45, 2.75) is 6.42 Å². The highest BCUT2D eigenvalue weighted by molar-refractivity contribution is 5.91. The number of piperazine rings is 1. The van der Waals surface area contributed by atoms with E-state index in [-0.39, 0.29) is 11.7 Å². The third-order valence-electron chi connectivity index (χ3n) is 4.73. The largest absolute Gasteiger partial charge is 0.368 e. The van der Waals surface area contributed by atoms with Gasteiger partial charge in [-0.2, -0.15) is 0 Å². The summed E-state index contributed by atoms with van der Waals surface area (Å²) in [6, 6.07) is 6.57. The maximum atomic E-state index is 13.1. The van der Waals surface area contributed by atoms with Gasteiger partial charge >= 0.3 is 0 Å². The van der Waals surface area contributed by atoms with E-state index in [1.165, 1.54) is 18.3 Å². The third kappa shape index (κ3) is 5.39. The van der Waals surface area contributed by atoms with Crippen LogP contribution in [-0.2, 0) is 0 Å². The first-order valence-corrected chi connectivity index (χ1v) is 9.53. The van der Waals surface area contributed by atoms with Crippen LogP contribution >= 0.6 is 0 Å². The molecule has 0 radical (unpaired) electrons.